The average molecular weight is 276 g/mol. The van der Waals surface area contributed by atoms with E-state index in [9.17, 15) is 13.2 Å². The van der Waals surface area contributed by atoms with Crippen LogP contribution in [0, 0.1) is 11.8 Å². The molecule has 1 rings (SSSR count). The molecule has 0 aromatic rings. The van der Waals surface area contributed by atoms with E-state index in [1.54, 1.807) is 6.92 Å². The quantitative estimate of drug-likeness (QED) is 0.742. The lowest BCUT2D eigenvalue weighted by Gasteiger charge is -2.16. The van der Waals surface area contributed by atoms with E-state index in [1.807, 2.05) is 20.8 Å². The van der Waals surface area contributed by atoms with Gasteiger partial charge in [0.1, 0.15) is 15.6 Å². The zero-order chi connectivity index (χ0) is 13.9. The molecule has 0 aliphatic carbocycles. The minimum atomic E-state index is -2.96. The lowest BCUT2D eigenvalue weighted by Crippen LogP contribution is -2.27. The highest BCUT2D eigenvalue weighted by molar-refractivity contribution is 7.91. The third-order valence-corrected chi connectivity index (χ3v) is 5.72. The Kier molecular flexibility index (Phi) is 5.34. The first-order valence-electron chi connectivity index (χ1n) is 6.67. The first-order valence-corrected chi connectivity index (χ1v) is 8.49. The highest BCUT2D eigenvalue weighted by Gasteiger charge is 2.40. The normalized spacial score (nSPS) is 32.7. The van der Waals surface area contributed by atoms with E-state index in [-0.39, 0.29) is 41.3 Å². The van der Waals surface area contributed by atoms with Crippen LogP contribution in [0.25, 0.3) is 0 Å². The summed E-state index contributed by atoms with van der Waals surface area (Å²) in [6.45, 7) is 7.56. The number of ether oxygens (including phenoxy) is 1. The number of carbonyl (C=O) groups excluding carboxylic acids is 1. The van der Waals surface area contributed by atoms with Crippen molar-refractivity contribution in [2.75, 3.05) is 11.5 Å². The molecule has 1 heterocycles. The summed E-state index contributed by atoms with van der Waals surface area (Å²) in [5, 5.41) is 0. The Balaban J connectivity index is 2.47. The molecule has 0 N–H and O–H groups in total. The van der Waals surface area contributed by atoms with Gasteiger partial charge in [0.05, 0.1) is 18.0 Å². The van der Waals surface area contributed by atoms with Gasteiger partial charge < -0.3 is 4.74 Å². The SMILES string of the molecule is CCS(=O)(=O)CCCC(=O)C1C(C)OC(C)C1C. The number of sulfone groups is 1. The number of rotatable bonds is 6. The zero-order valence-corrected chi connectivity index (χ0v) is 12.5. The summed E-state index contributed by atoms with van der Waals surface area (Å²) in [5.74, 6) is 0.545. The van der Waals surface area contributed by atoms with Crippen molar-refractivity contribution in [3.05, 3.63) is 0 Å². The Morgan fingerprint density at radius 3 is 2.22 bits per heavy atom. The number of carbonyl (C=O) groups is 1. The van der Waals surface area contributed by atoms with Crippen LogP contribution in [0.5, 0.6) is 0 Å². The van der Waals surface area contributed by atoms with Crippen molar-refractivity contribution in [3.63, 3.8) is 0 Å². The molecule has 1 aliphatic rings. The Hall–Kier alpha value is -0.420. The summed E-state index contributed by atoms with van der Waals surface area (Å²) in [6.07, 6.45) is 0.826. The van der Waals surface area contributed by atoms with Crippen LogP contribution < -0.4 is 0 Å². The van der Waals surface area contributed by atoms with Gasteiger partial charge in [-0.15, -0.1) is 0 Å². The van der Waals surface area contributed by atoms with Crippen LogP contribution in [0.3, 0.4) is 0 Å². The molecule has 0 spiro atoms. The molecule has 18 heavy (non-hydrogen) atoms. The average Bonchev–Trinajstić information content (AvgIpc) is 2.53. The van der Waals surface area contributed by atoms with Gasteiger partial charge in [0.15, 0.2) is 0 Å². The first-order chi connectivity index (χ1) is 8.28. The first kappa shape index (κ1) is 15.6. The summed E-state index contributed by atoms with van der Waals surface area (Å²) in [6, 6.07) is 0. The third-order valence-electron chi connectivity index (χ3n) is 3.93. The van der Waals surface area contributed by atoms with Crippen LogP contribution in [0.1, 0.15) is 40.5 Å². The van der Waals surface area contributed by atoms with Crippen molar-refractivity contribution >= 4 is 15.6 Å². The minimum Gasteiger partial charge on any atom is -0.375 e. The van der Waals surface area contributed by atoms with Gasteiger partial charge in [-0.05, 0) is 26.2 Å². The van der Waals surface area contributed by atoms with Gasteiger partial charge in [-0.2, -0.15) is 0 Å². The Morgan fingerprint density at radius 1 is 1.17 bits per heavy atom. The molecule has 0 radical (unpaired) electrons. The van der Waals surface area contributed by atoms with Crippen LogP contribution in [0.2, 0.25) is 0 Å². The molecule has 0 amide bonds. The van der Waals surface area contributed by atoms with E-state index in [0.717, 1.165) is 0 Å². The molecule has 4 nitrogen and oxygen atoms in total. The lowest BCUT2D eigenvalue weighted by molar-refractivity contribution is -0.125. The van der Waals surface area contributed by atoms with E-state index >= 15 is 0 Å². The van der Waals surface area contributed by atoms with Gasteiger partial charge in [0, 0.05) is 18.1 Å². The van der Waals surface area contributed by atoms with Gasteiger partial charge in [-0.3, -0.25) is 4.79 Å². The second-order valence-electron chi connectivity index (χ2n) is 5.24. The molecule has 4 unspecified atom stereocenters. The number of ketones is 1. The highest BCUT2D eigenvalue weighted by Crippen LogP contribution is 2.33. The van der Waals surface area contributed by atoms with Gasteiger partial charge in [0.2, 0.25) is 0 Å². The number of hydrogen-bond acceptors (Lipinski definition) is 4. The molecule has 1 aliphatic heterocycles. The molecule has 106 valence electrons. The fourth-order valence-corrected chi connectivity index (χ4v) is 3.47. The van der Waals surface area contributed by atoms with Crippen molar-refractivity contribution in [1.29, 1.82) is 0 Å². The van der Waals surface area contributed by atoms with Crippen LogP contribution in [0.4, 0.5) is 0 Å². The van der Waals surface area contributed by atoms with E-state index in [4.69, 9.17) is 4.74 Å². The fourth-order valence-electron chi connectivity index (χ4n) is 2.60. The van der Waals surface area contributed by atoms with Gasteiger partial charge >= 0.3 is 0 Å². The molecule has 0 aromatic carbocycles. The summed E-state index contributed by atoms with van der Waals surface area (Å²) >= 11 is 0. The monoisotopic (exact) mass is 276 g/mol. The third kappa shape index (κ3) is 3.79. The van der Waals surface area contributed by atoms with Crippen LogP contribution in [-0.4, -0.2) is 37.9 Å². The molecule has 0 aromatic heterocycles. The van der Waals surface area contributed by atoms with E-state index in [1.165, 1.54) is 0 Å². The highest BCUT2D eigenvalue weighted by atomic mass is 32.2. The number of hydrogen-bond donors (Lipinski definition) is 0. The standard InChI is InChI=1S/C13H24O4S/c1-5-18(15,16)8-6-7-12(14)13-9(2)10(3)17-11(13)4/h9-11,13H,5-8H2,1-4H3. The van der Waals surface area contributed by atoms with Gasteiger partial charge in [0.25, 0.3) is 0 Å². The maximum atomic E-state index is 12.1. The molecule has 4 atom stereocenters. The molecule has 1 saturated heterocycles. The smallest absolute Gasteiger partial charge is 0.150 e. The molecule has 5 heteroatoms. The maximum Gasteiger partial charge on any atom is 0.150 e. The Labute approximate surface area is 110 Å². The van der Waals surface area contributed by atoms with Crippen molar-refractivity contribution in [1.82, 2.24) is 0 Å². The topological polar surface area (TPSA) is 60.4 Å². The van der Waals surface area contributed by atoms with E-state index in [2.05, 4.69) is 0 Å². The fraction of sp³-hybridized carbons (Fsp3) is 0.923. The molecular weight excluding hydrogens is 252 g/mol. The van der Waals surface area contributed by atoms with Crippen molar-refractivity contribution in [2.24, 2.45) is 11.8 Å². The number of Topliss-reactive ketones (excluding diaryl/α,β-unsaturated/α-hetero) is 1. The molecular formula is C13H24O4S. The van der Waals surface area contributed by atoms with Crippen LogP contribution in [-0.2, 0) is 19.4 Å². The Bertz CT molecular complexity index is 388. The summed E-state index contributed by atoms with van der Waals surface area (Å²) in [4.78, 5) is 12.1. The Morgan fingerprint density at radius 2 is 1.78 bits per heavy atom. The van der Waals surface area contributed by atoms with Gasteiger partial charge in [-0.1, -0.05) is 13.8 Å². The second-order valence-corrected chi connectivity index (χ2v) is 7.71. The van der Waals surface area contributed by atoms with Crippen LogP contribution in [0.15, 0.2) is 0 Å². The predicted octanol–water partition coefficient (Wildman–Crippen LogP) is 1.83. The zero-order valence-electron chi connectivity index (χ0n) is 11.7. The summed E-state index contributed by atoms with van der Waals surface area (Å²) in [5.41, 5.74) is 0. The summed E-state index contributed by atoms with van der Waals surface area (Å²) in [7, 11) is -2.96. The van der Waals surface area contributed by atoms with E-state index < -0.39 is 9.84 Å². The molecule has 1 fully saturated rings. The minimum absolute atomic E-state index is 0.0507. The predicted molar refractivity (Wildman–Crippen MR) is 71.2 cm³/mol. The second kappa shape index (κ2) is 6.15. The van der Waals surface area contributed by atoms with Crippen molar-refractivity contribution < 1.29 is 17.9 Å². The van der Waals surface area contributed by atoms with Gasteiger partial charge in [-0.25, -0.2) is 8.42 Å². The van der Waals surface area contributed by atoms with Crippen LogP contribution >= 0.6 is 0 Å². The van der Waals surface area contributed by atoms with Crippen molar-refractivity contribution in [3.8, 4) is 0 Å². The molecule has 0 saturated carbocycles. The maximum absolute atomic E-state index is 12.1. The largest absolute Gasteiger partial charge is 0.375 e. The van der Waals surface area contributed by atoms with Crippen molar-refractivity contribution in [2.45, 2.75) is 52.7 Å². The lowest BCUT2D eigenvalue weighted by atomic mass is 9.84. The molecule has 0 bridgehead atoms. The van der Waals surface area contributed by atoms with E-state index in [0.29, 0.717) is 12.8 Å². The summed E-state index contributed by atoms with van der Waals surface area (Å²) < 4.78 is 28.3.